The van der Waals surface area contributed by atoms with Gasteiger partial charge in [-0.3, -0.25) is 0 Å². The van der Waals surface area contributed by atoms with Gasteiger partial charge in [0.2, 0.25) is 5.82 Å². The molecule has 0 aliphatic rings. The van der Waals surface area contributed by atoms with Crippen molar-refractivity contribution in [3.8, 4) is 11.4 Å². The van der Waals surface area contributed by atoms with E-state index in [1.807, 2.05) is 30.3 Å². The van der Waals surface area contributed by atoms with Gasteiger partial charge in [-0.1, -0.05) is 30.3 Å². The molecule has 1 aromatic heterocycles. The van der Waals surface area contributed by atoms with E-state index in [1.54, 1.807) is 13.8 Å². The minimum Gasteiger partial charge on any atom is -0.464 e. The number of carbonyl (C=O) groups is 1. The summed E-state index contributed by atoms with van der Waals surface area (Å²) in [6.45, 7) is 3.77. The summed E-state index contributed by atoms with van der Waals surface area (Å²) in [4.78, 5) is 12.8. The highest BCUT2D eigenvalue weighted by Crippen LogP contribution is 2.13. The van der Waals surface area contributed by atoms with Crippen molar-refractivity contribution >= 4 is 5.97 Å². The Bertz CT molecular complexity index is 524. The molecule has 2 rings (SSSR count). The van der Waals surface area contributed by atoms with Crippen molar-refractivity contribution in [1.29, 1.82) is 0 Å². The van der Waals surface area contributed by atoms with Crippen LogP contribution in [0, 0.1) is 0 Å². The van der Waals surface area contributed by atoms with Crippen LogP contribution in [-0.2, 0) is 9.53 Å². The van der Waals surface area contributed by atoms with Gasteiger partial charge >= 0.3 is 5.97 Å². The molecule has 94 valence electrons. The van der Waals surface area contributed by atoms with Crippen LogP contribution < -0.4 is 0 Å². The molecule has 0 radical (unpaired) electrons. The zero-order valence-electron chi connectivity index (χ0n) is 10.3. The van der Waals surface area contributed by atoms with E-state index in [-0.39, 0.29) is 5.97 Å². The first-order valence-electron chi connectivity index (χ1n) is 5.74. The van der Waals surface area contributed by atoms with Crippen molar-refractivity contribution in [2.24, 2.45) is 0 Å². The fraction of sp³-hybridized carbons (Fsp3) is 0.333. The number of tetrazole rings is 1. The summed E-state index contributed by atoms with van der Waals surface area (Å²) in [5.74, 6) is 0.126. The number of esters is 1. The van der Waals surface area contributed by atoms with Gasteiger partial charge in [0, 0.05) is 5.56 Å². The van der Waals surface area contributed by atoms with Crippen LogP contribution in [-0.4, -0.2) is 32.8 Å². The Kier molecular flexibility index (Phi) is 3.66. The zero-order valence-corrected chi connectivity index (χ0v) is 10.3. The molecule has 2 aromatic rings. The normalized spacial score (nSPS) is 12.1. The molecule has 1 heterocycles. The van der Waals surface area contributed by atoms with E-state index < -0.39 is 6.04 Å². The summed E-state index contributed by atoms with van der Waals surface area (Å²) in [5, 5.41) is 12.0. The molecule has 0 N–H and O–H groups in total. The average molecular weight is 246 g/mol. The number of carbonyl (C=O) groups excluding carboxylic acids is 1. The average Bonchev–Trinajstić information content (AvgIpc) is 2.89. The van der Waals surface area contributed by atoms with Gasteiger partial charge in [0.15, 0.2) is 6.04 Å². The monoisotopic (exact) mass is 246 g/mol. The summed E-state index contributed by atoms with van der Waals surface area (Å²) in [7, 11) is 0. The maximum atomic E-state index is 11.5. The van der Waals surface area contributed by atoms with Gasteiger partial charge in [0.1, 0.15) is 0 Å². The van der Waals surface area contributed by atoms with Gasteiger partial charge in [-0.05, 0) is 19.1 Å². The molecule has 0 spiro atoms. The minimum absolute atomic E-state index is 0.337. The third-order valence-corrected chi connectivity index (χ3v) is 2.43. The summed E-state index contributed by atoms with van der Waals surface area (Å²) >= 11 is 0. The Morgan fingerprint density at radius 2 is 2.11 bits per heavy atom. The second-order valence-electron chi connectivity index (χ2n) is 3.73. The maximum absolute atomic E-state index is 11.5. The molecular weight excluding hydrogens is 232 g/mol. The summed E-state index contributed by atoms with van der Waals surface area (Å²) in [5.41, 5.74) is 0.861. The molecule has 0 aliphatic heterocycles. The van der Waals surface area contributed by atoms with Crippen molar-refractivity contribution in [2.45, 2.75) is 19.9 Å². The first-order valence-corrected chi connectivity index (χ1v) is 5.74. The van der Waals surface area contributed by atoms with Crippen LogP contribution in [0.25, 0.3) is 11.4 Å². The number of rotatable bonds is 4. The number of hydrogen-bond donors (Lipinski definition) is 0. The highest BCUT2D eigenvalue weighted by Gasteiger charge is 2.19. The largest absolute Gasteiger partial charge is 0.464 e. The molecule has 0 fully saturated rings. The van der Waals surface area contributed by atoms with E-state index in [2.05, 4.69) is 15.4 Å². The highest BCUT2D eigenvalue weighted by atomic mass is 16.5. The second-order valence-corrected chi connectivity index (χ2v) is 3.73. The number of nitrogens with zero attached hydrogens (tertiary/aromatic N) is 4. The summed E-state index contributed by atoms with van der Waals surface area (Å²) in [6.07, 6.45) is 0. The van der Waals surface area contributed by atoms with E-state index >= 15 is 0 Å². The Morgan fingerprint density at radius 3 is 2.78 bits per heavy atom. The van der Waals surface area contributed by atoms with Crippen molar-refractivity contribution in [3.05, 3.63) is 30.3 Å². The van der Waals surface area contributed by atoms with Crippen LogP contribution in [0.2, 0.25) is 0 Å². The summed E-state index contributed by atoms with van der Waals surface area (Å²) < 4.78 is 4.91. The van der Waals surface area contributed by atoms with Gasteiger partial charge < -0.3 is 4.74 Å². The molecule has 0 saturated heterocycles. The van der Waals surface area contributed by atoms with Crippen LogP contribution in [0.3, 0.4) is 0 Å². The Hall–Kier alpha value is -2.24. The van der Waals surface area contributed by atoms with Crippen molar-refractivity contribution in [2.75, 3.05) is 6.61 Å². The standard InChI is InChI=1S/C12H14N4O2/c1-3-18-12(17)9(2)16-14-11(13-15-16)10-7-5-4-6-8-10/h4-9H,3H2,1-2H3/t9-/m0/s1. The lowest BCUT2D eigenvalue weighted by Crippen LogP contribution is -2.21. The molecule has 6 heteroatoms. The number of aromatic nitrogens is 4. The van der Waals surface area contributed by atoms with Crippen LogP contribution in [0.1, 0.15) is 19.9 Å². The van der Waals surface area contributed by atoms with Crippen molar-refractivity contribution < 1.29 is 9.53 Å². The molecular formula is C12H14N4O2. The molecule has 18 heavy (non-hydrogen) atoms. The third kappa shape index (κ3) is 2.53. The highest BCUT2D eigenvalue weighted by molar-refractivity contribution is 5.73. The van der Waals surface area contributed by atoms with E-state index in [0.717, 1.165) is 5.56 Å². The molecule has 1 atom stereocenters. The predicted octanol–water partition coefficient (Wildman–Crippen LogP) is 1.46. The minimum atomic E-state index is -0.574. The van der Waals surface area contributed by atoms with Crippen LogP contribution in [0.5, 0.6) is 0 Å². The molecule has 1 aromatic carbocycles. The van der Waals surface area contributed by atoms with Gasteiger partial charge in [0.25, 0.3) is 0 Å². The Morgan fingerprint density at radius 1 is 1.39 bits per heavy atom. The van der Waals surface area contributed by atoms with Crippen molar-refractivity contribution in [3.63, 3.8) is 0 Å². The van der Waals surface area contributed by atoms with E-state index in [9.17, 15) is 4.79 Å². The molecule has 0 saturated carbocycles. The Balaban J connectivity index is 2.18. The van der Waals surface area contributed by atoms with Crippen LogP contribution in [0.4, 0.5) is 0 Å². The van der Waals surface area contributed by atoms with Crippen LogP contribution >= 0.6 is 0 Å². The molecule has 6 nitrogen and oxygen atoms in total. The zero-order chi connectivity index (χ0) is 13.0. The first-order chi connectivity index (χ1) is 8.72. The fourth-order valence-corrected chi connectivity index (χ4v) is 1.45. The number of ether oxygens (including phenoxy) is 1. The second kappa shape index (κ2) is 5.39. The number of hydrogen-bond acceptors (Lipinski definition) is 5. The summed E-state index contributed by atoms with van der Waals surface area (Å²) in [6, 6.07) is 8.90. The SMILES string of the molecule is CCOC(=O)[C@H](C)n1nnc(-c2ccccc2)n1. The molecule has 0 aliphatic carbocycles. The predicted molar refractivity (Wildman–Crippen MR) is 64.6 cm³/mol. The fourth-order valence-electron chi connectivity index (χ4n) is 1.45. The topological polar surface area (TPSA) is 69.9 Å². The maximum Gasteiger partial charge on any atom is 0.332 e. The smallest absolute Gasteiger partial charge is 0.332 e. The molecule has 0 amide bonds. The molecule has 0 bridgehead atoms. The number of benzene rings is 1. The van der Waals surface area contributed by atoms with Gasteiger partial charge in [-0.15, -0.1) is 15.0 Å². The van der Waals surface area contributed by atoms with E-state index in [0.29, 0.717) is 12.4 Å². The quantitative estimate of drug-likeness (QED) is 0.764. The molecule has 0 unspecified atom stereocenters. The lowest BCUT2D eigenvalue weighted by molar-refractivity contribution is -0.147. The van der Waals surface area contributed by atoms with Crippen LogP contribution in [0.15, 0.2) is 30.3 Å². The first kappa shape index (κ1) is 12.2. The van der Waals surface area contributed by atoms with Gasteiger partial charge in [0.05, 0.1) is 6.61 Å². The lowest BCUT2D eigenvalue weighted by atomic mass is 10.2. The van der Waals surface area contributed by atoms with Crippen molar-refractivity contribution in [1.82, 2.24) is 20.2 Å². The van der Waals surface area contributed by atoms with E-state index in [4.69, 9.17) is 4.74 Å². The van der Waals surface area contributed by atoms with Gasteiger partial charge in [-0.25, -0.2) is 4.79 Å². The lowest BCUT2D eigenvalue weighted by Gasteiger charge is -2.07. The van der Waals surface area contributed by atoms with E-state index in [1.165, 1.54) is 4.80 Å². The van der Waals surface area contributed by atoms with Gasteiger partial charge in [-0.2, -0.15) is 0 Å². The Labute approximate surface area is 105 Å². The third-order valence-electron chi connectivity index (χ3n) is 2.43.